The predicted octanol–water partition coefficient (Wildman–Crippen LogP) is 3.83. The van der Waals surface area contributed by atoms with Gasteiger partial charge < -0.3 is 10.1 Å². The summed E-state index contributed by atoms with van der Waals surface area (Å²) in [6.45, 7) is 3.96. The summed E-state index contributed by atoms with van der Waals surface area (Å²) in [5.74, 6) is 1.34. The smallest absolute Gasteiger partial charge is 0.123 e. The fourth-order valence-electron chi connectivity index (χ4n) is 2.32. The molecule has 0 saturated carbocycles. The molecule has 0 aromatic heterocycles. The van der Waals surface area contributed by atoms with Gasteiger partial charge >= 0.3 is 0 Å². The molecule has 2 aromatic rings. The molecule has 2 nitrogen and oxygen atoms in total. The Hall–Kier alpha value is -1.80. The number of hydrogen-bond acceptors (Lipinski definition) is 2. The van der Waals surface area contributed by atoms with Crippen molar-refractivity contribution in [3.8, 4) is 5.75 Å². The molecule has 0 aliphatic rings. The fourth-order valence-corrected chi connectivity index (χ4v) is 2.32. The van der Waals surface area contributed by atoms with Gasteiger partial charge in [-0.05, 0) is 31.6 Å². The van der Waals surface area contributed by atoms with Gasteiger partial charge in [-0.1, -0.05) is 55.5 Å². The van der Waals surface area contributed by atoms with Gasteiger partial charge in [0.2, 0.25) is 0 Å². The summed E-state index contributed by atoms with van der Waals surface area (Å²) >= 11 is 0. The Labute approximate surface area is 121 Å². The first kappa shape index (κ1) is 14.6. The minimum absolute atomic E-state index is 0.344. The third-order valence-corrected chi connectivity index (χ3v) is 3.51. The SMILES string of the molecule is CNCCCOc1ccccc1C(C)c1ccccc1. The Balaban J connectivity index is 2.11. The monoisotopic (exact) mass is 269 g/mol. The molecule has 2 rings (SSSR count). The highest BCUT2D eigenvalue weighted by Gasteiger charge is 2.12. The maximum Gasteiger partial charge on any atom is 0.123 e. The molecule has 20 heavy (non-hydrogen) atoms. The maximum absolute atomic E-state index is 5.94. The average molecular weight is 269 g/mol. The van der Waals surface area contributed by atoms with Crippen LogP contribution >= 0.6 is 0 Å². The highest BCUT2D eigenvalue weighted by atomic mass is 16.5. The van der Waals surface area contributed by atoms with E-state index in [1.807, 2.05) is 13.1 Å². The minimum atomic E-state index is 0.344. The van der Waals surface area contributed by atoms with E-state index in [2.05, 4.69) is 60.8 Å². The lowest BCUT2D eigenvalue weighted by Crippen LogP contribution is -2.12. The van der Waals surface area contributed by atoms with E-state index < -0.39 is 0 Å². The van der Waals surface area contributed by atoms with Crippen LogP contribution in [0.3, 0.4) is 0 Å². The van der Waals surface area contributed by atoms with Crippen LogP contribution in [0.1, 0.15) is 30.4 Å². The molecule has 0 aliphatic carbocycles. The van der Waals surface area contributed by atoms with Gasteiger partial charge in [-0.15, -0.1) is 0 Å². The molecule has 1 unspecified atom stereocenters. The molecule has 1 N–H and O–H groups in total. The molecule has 0 saturated heterocycles. The van der Waals surface area contributed by atoms with Crippen LogP contribution in [0, 0.1) is 0 Å². The zero-order valence-corrected chi connectivity index (χ0v) is 12.3. The van der Waals surface area contributed by atoms with Crippen molar-refractivity contribution in [2.24, 2.45) is 0 Å². The summed E-state index contributed by atoms with van der Waals surface area (Å²) < 4.78 is 5.94. The molecule has 106 valence electrons. The zero-order chi connectivity index (χ0) is 14.2. The van der Waals surface area contributed by atoms with Gasteiger partial charge in [-0.25, -0.2) is 0 Å². The van der Waals surface area contributed by atoms with E-state index in [1.54, 1.807) is 0 Å². The molecule has 1 atom stereocenters. The first-order chi connectivity index (χ1) is 9.83. The van der Waals surface area contributed by atoms with Gasteiger partial charge in [0.1, 0.15) is 5.75 Å². The summed E-state index contributed by atoms with van der Waals surface area (Å²) in [7, 11) is 1.96. The number of para-hydroxylation sites is 1. The van der Waals surface area contributed by atoms with E-state index in [9.17, 15) is 0 Å². The lowest BCUT2D eigenvalue weighted by atomic mass is 9.92. The quantitative estimate of drug-likeness (QED) is 0.771. The molecule has 2 aromatic carbocycles. The Morgan fingerprint density at radius 1 is 1.00 bits per heavy atom. The number of rotatable bonds is 7. The highest BCUT2D eigenvalue weighted by molar-refractivity contribution is 5.41. The van der Waals surface area contributed by atoms with Crippen molar-refractivity contribution in [3.63, 3.8) is 0 Å². The predicted molar refractivity (Wildman–Crippen MR) is 84.4 cm³/mol. The number of ether oxygens (including phenoxy) is 1. The Bertz CT molecular complexity index is 510. The number of nitrogens with one attached hydrogen (secondary N) is 1. The van der Waals surface area contributed by atoms with E-state index in [0.29, 0.717) is 5.92 Å². The van der Waals surface area contributed by atoms with E-state index in [4.69, 9.17) is 4.74 Å². The van der Waals surface area contributed by atoms with Crippen molar-refractivity contribution in [1.29, 1.82) is 0 Å². The molecule has 0 heterocycles. The van der Waals surface area contributed by atoms with Crippen molar-refractivity contribution in [3.05, 3.63) is 65.7 Å². The lowest BCUT2D eigenvalue weighted by Gasteiger charge is -2.17. The van der Waals surface area contributed by atoms with Gasteiger partial charge in [-0.2, -0.15) is 0 Å². The van der Waals surface area contributed by atoms with Gasteiger partial charge in [0.25, 0.3) is 0 Å². The van der Waals surface area contributed by atoms with Crippen LogP contribution in [0.25, 0.3) is 0 Å². The Morgan fingerprint density at radius 3 is 2.45 bits per heavy atom. The molecule has 0 radical (unpaired) electrons. The summed E-state index contributed by atoms with van der Waals surface area (Å²) in [6.07, 6.45) is 1.02. The molecule has 0 spiro atoms. The summed E-state index contributed by atoms with van der Waals surface area (Å²) in [4.78, 5) is 0. The zero-order valence-electron chi connectivity index (χ0n) is 12.3. The van der Waals surface area contributed by atoms with Crippen LogP contribution < -0.4 is 10.1 Å². The second-order valence-corrected chi connectivity index (χ2v) is 4.98. The molecule has 2 heteroatoms. The largest absolute Gasteiger partial charge is 0.493 e. The first-order valence-electron chi connectivity index (χ1n) is 7.24. The Kier molecular flexibility index (Phi) is 5.63. The molecular weight excluding hydrogens is 246 g/mol. The van der Waals surface area contributed by atoms with Crippen molar-refractivity contribution in [2.45, 2.75) is 19.3 Å². The first-order valence-corrected chi connectivity index (χ1v) is 7.24. The average Bonchev–Trinajstić information content (AvgIpc) is 2.52. The van der Waals surface area contributed by atoms with E-state index >= 15 is 0 Å². The van der Waals surface area contributed by atoms with Gasteiger partial charge in [-0.3, -0.25) is 0 Å². The highest BCUT2D eigenvalue weighted by Crippen LogP contribution is 2.31. The molecule has 0 aliphatic heterocycles. The molecular formula is C18H23NO. The lowest BCUT2D eigenvalue weighted by molar-refractivity contribution is 0.306. The van der Waals surface area contributed by atoms with Gasteiger partial charge in [0.15, 0.2) is 0 Å². The topological polar surface area (TPSA) is 21.3 Å². The normalized spacial score (nSPS) is 12.1. The number of hydrogen-bond donors (Lipinski definition) is 1. The van der Waals surface area contributed by atoms with Crippen LogP contribution in [-0.4, -0.2) is 20.2 Å². The van der Waals surface area contributed by atoms with Crippen molar-refractivity contribution in [1.82, 2.24) is 5.32 Å². The van der Waals surface area contributed by atoms with Crippen molar-refractivity contribution in [2.75, 3.05) is 20.2 Å². The summed E-state index contributed by atoms with van der Waals surface area (Å²) in [5.41, 5.74) is 2.57. The van der Waals surface area contributed by atoms with Crippen LogP contribution in [0.15, 0.2) is 54.6 Å². The van der Waals surface area contributed by atoms with Crippen LogP contribution in [-0.2, 0) is 0 Å². The van der Waals surface area contributed by atoms with Crippen LogP contribution in [0.2, 0.25) is 0 Å². The maximum atomic E-state index is 5.94. The summed E-state index contributed by atoms with van der Waals surface area (Å²) in [6, 6.07) is 18.9. The standard InChI is InChI=1S/C18H23NO/c1-15(16-9-4-3-5-10-16)17-11-6-7-12-18(17)20-14-8-13-19-2/h3-7,9-12,15,19H,8,13-14H2,1-2H3. The van der Waals surface area contributed by atoms with E-state index in [-0.39, 0.29) is 0 Å². The van der Waals surface area contributed by atoms with Gasteiger partial charge in [0, 0.05) is 11.5 Å². The molecule has 0 amide bonds. The molecule has 0 fully saturated rings. The second kappa shape index (κ2) is 7.71. The fraction of sp³-hybridized carbons (Fsp3) is 0.333. The van der Waals surface area contributed by atoms with E-state index in [1.165, 1.54) is 11.1 Å². The Morgan fingerprint density at radius 2 is 1.70 bits per heavy atom. The third-order valence-electron chi connectivity index (χ3n) is 3.51. The summed E-state index contributed by atoms with van der Waals surface area (Å²) in [5, 5.41) is 3.14. The van der Waals surface area contributed by atoms with Gasteiger partial charge in [0.05, 0.1) is 6.61 Å². The molecule has 0 bridgehead atoms. The third kappa shape index (κ3) is 3.84. The minimum Gasteiger partial charge on any atom is -0.493 e. The van der Waals surface area contributed by atoms with Crippen LogP contribution in [0.5, 0.6) is 5.75 Å². The van der Waals surface area contributed by atoms with Crippen molar-refractivity contribution < 1.29 is 4.74 Å². The van der Waals surface area contributed by atoms with E-state index in [0.717, 1.165) is 25.3 Å². The second-order valence-electron chi connectivity index (χ2n) is 4.98. The number of benzene rings is 2. The van der Waals surface area contributed by atoms with Crippen LogP contribution in [0.4, 0.5) is 0 Å². The van der Waals surface area contributed by atoms with Crippen molar-refractivity contribution >= 4 is 0 Å².